The Hall–Kier alpha value is 0.0700. The second kappa shape index (κ2) is 7.75. The van der Waals surface area contributed by atoms with Gasteiger partial charge in [0.1, 0.15) is 0 Å². The smallest absolute Gasteiger partial charge is 0.0726 e. The SMILES string of the molecule is CC(NCCSc1cc(Cl)ccc1Cl)C1CCCO1. The quantitative estimate of drug-likeness (QED) is 0.626. The summed E-state index contributed by atoms with van der Waals surface area (Å²) in [5.41, 5.74) is 0. The number of halogens is 2. The highest BCUT2D eigenvalue weighted by Crippen LogP contribution is 2.29. The van der Waals surface area contributed by atoms with Gasteiger partial charge in [-0.3, -0.25) is 0 Å². The molecule has 2 atom stereocenters. The van der Waals surface area contributed by atoms with Gasteiger partial charge in [0.15, 0.2) is 0 Å². The summed E-state index contributed by atoms with van der Waals surface area (Å²) in [5, 5.41) is 5.00. The van der Waals surface area contributed by atoms with E-state index in [9.17, 15) is 0 Å². The van der Waals surface area contributed by atoms with Crippen molar-refractivity contribution in [3.05, 3.63) is 28.2 Å². The highest BCUT2D eigenvalue weighted by Gasteiger charge is 2.21. The van der Waals surface area contributed by atoms with Crippen molar-refractivity contribution < 1.29 is 4.74 Å². The molecule has 2 unspecified atom stereocenters. The first-order valence-corrected chi connectivity index (χ1v) is 8.34. The summed E-state index contributed by atoms with van der Waals surface area (Å²) < 4.78 is 5.66. The van der Waals surface area contributed by atoms with Gasteiger partial charge in [0, 0.05) is 34.9 Å². The van der Waals surface area contributed by atoms with Crippen LogP contribution in [0.25, 0.3) is 0 Å². The van der Waals surface area contributed by atoms with E-state index < -0.39 is 0 Å². The zero-order valence-electron chi connectivity index (χ0n) is 11.0. The first-order chi connectivity index (χ1) is 9.16. The molecule has 5 heteroatoms. The van der Waals surface area contributed by atoms with Gasteiger partial charge in [-0.25, -0.2) is 0 Å². The van der Waals surface area contributed by atoms with Crippen molar-refractivity contribution in [1.82, 2.24) is 5.32 Å². The van der Waals surface area contributed by atoms with Crippen LogP contribution in [-0.4, -0.2) is 31.1 Å². The Morgan fingerprint density at radius 3 is 3.05 bits per heavy atom. The molecular weight excluding hydrogens is 301 g/mol. The van der Waals surface area contributed by atoms with E-state index in [0.717, 1.165) is 33.8 Å². The molecule has 1 heterocycles. The van der Waals surface area contributed by atoms with Crippen LogP contribution >= 0.6 is 35.0 Å². The Labute approximate surface area is 129 Å². The number of thioether (sulfide) groups is 1. The molecule has 1 fully saturated rings. The Morgan fingerprint density at radius 2 is 2.32 bits per heavy atom. The minimum Gasteiger partial charge on any atom is -0.377 e. The van der Waals surface area contributed by atoms with E-state index in [1.807, 2.05) is 18.2 Å². The fourth-order valence-corrected chi connectivity index (χ4v) is 3.54. The molecule has 19 heavy (non-hydrogen) atoms. The van der Waals surface area contributed by atoms with Crippen LogP contribution < -0.4 is 5.32 Å². The molecule has 1 aliphatic heterocycles. The van der Waals surface area contributed by atoms with E-state index in [0.29, 0.717) is 12.1 Å². The average Bonchev–Trinajstić information content (AvgIpc) is 2.92. The summed E-state index contributed by atoms with van der Waals surface area (Å²) in [7, 11) is 0. The molecule has 1 aromatic rings. The molecule has 0 bridgehead atoms. The van der Waals surface area contributed by atoms with Crippen LogP contribution in [0.4, 0.5) is 0 Å². The summed E-state index contributed by atoms with van der Waals surface area (Å²) in [6.07, 6.45) is 2.73. The number of hydrogen-bond donors (Lipinski definition) is 1. The molecule has 1 saturated heterocycles. The normalized spacial score (nSPS) is 20.7. The number of ether oxygens (including phenoxy) is 1. The van der Waals surface area contributed by atoms with E-state index in [2.05, 4.69) is 12.2 Å². The van der Waals surface area contributed by atoms with Crippen LogP contribution in [0, 0.1) is 0 Å². The number of rotatable bonds is 6. The Morgan fingerprint density at radius 1 is 1.47 bits per heavy atom. The number of benzene rings is 1. The van der Waals surface area contributed by atoms with Crippen molar-refractivity contribution in [3.63, 3.8) is 0 Å². The molecule has 0 aromatic heterocycles. The summed E-state index contributed by atoms with van der Waals surface area (Å²) in [5.74, 6) is 0.969. The van der Waals surface area contributed by atoms with Crippen molar-refractivity contribution >= 4 is 35.0 Å². The predicted octanol–water partition coefficient (Wildman–Crippen LogP) is 4.24. The largest absolute Gasteiger partial charge is 0.377 e. The van der Waals surface area contributed by atoms with Gasteiger partial charge in [-0.05, 0) is 38.0 Å². The summed E-state index contributed by atoms with van der Waals surface area (Å²) >= 11 is 13.8. The number of nitrogens with one attached hydrogen (secondary N) is 1. The van der Waals surface area contributed by atoms with Crippen molar-refractivity contribution in [2.24, 2.45) is 0 Å². The first kappa shape index (κ1) is 15.5. The van der Waals surface area contributed by atoms with Crippen LogP contribution in [0.5, 0.6) is 0 Å². The van der Waals surface area contributed by atoms with Gasteiger partial charge in [0.05, 0.1) is 11.1 Å². The third kappa shape index (κ3) is 4.83. The molecule has 0 aliphatic carbocycles. The van der Waals surface area contributed by atoms with E-state index in [-0.39, 0.29) is 0 Å². The fourth-order valence-electron chi connectivity index (χ4n) is 2.16. The molecule has 0 amide bonds. The van der Waals surface area contributed by atoms with Gasteiger partial charge in [0.25, 0.3) is 0 Å². The van der Waals surface area contributed by atoms with E-state index in [1.54, 1.807) is 11.8 Å². The van der Waals surface area contributed by atoms with Crippen molar-refractivity contribution in [2.45, 2.75) is 36.8 Å². The van der Waals surface area contributed by atoms with Crippen LogP contribution in [0.15, 0.2) is 23.1 Å². The molecular formula is C14H19Cl2NOS. The standard InChI is InChI=1S/C14H19Cl2NOS/c1-10(13-3-2-7-18-13)17-6-8-19-14-9-11(15)4-5-12(14)16/h4-5,9-10,13,17H,2-3,6-8H2,1H3. The van der Waals surface area contributed by atoms with Crippen molar-refractivity contribution in [2.75, 3.05) is 18.9 Å². The molecule has 1 aromatic carbocycles. The first-order valence-electron chi connectivity index (χ1n) is 6.59. The van der Waals surface area contributed by atoms with E-state index >= 15 is 0 Å². The fraction of sp³-hybridized carbons (Fsp3) is 0.571. The third-order valence-corrected chi connectivity index (χ3v) is 4.98. The van der Waals surface area contributed by atoms with Crippen LogP contribution in [0.2, 0.25) is 10.0 Å². The lowest BCUT2D eigenvalue weighted by atomic mass is 10.1. The second-order valence-corrected chi connectivity index (χ2v) is 6.70. The third-order valence-electron chi connectivity index (χ3n) is 3.24. The van der Waals surface area contributed by atoms with Gasteiger partial charge in [-0.1, -0.05) is 23.2 Å². The maximum atomic E-state index is 6.12. The van der Waals surface area contributed by atoms with Gasteiger partial charge in [-0.15, -0.1) is 11.8 Å². The molecule has 0 spiro atoms. The summed E-state index contributed by atoms with van der Waals surface area (Å²) in [6.45, 7) is 4.03. The van der Waals surface area contributed by atoms with E-state index in [4.69, 9.17) is 27.9 Å². The molecule has 2 nitrogen and oxygen atoms in total. The van der Waals surface area contributed by atoms with Gasteiger partial charge < -0.3 is 10.1 Å². The van der Waals surface area contributed by atoms with Gasteiger partial charge in [0.2, 0.25) is 0 Å². The molecule has 0 saturated carbocycles. The zero-order chi connectivity index (χ0) is 13.7. The Bertz CT molecular complexity index is 410. The maximum absolute atomic E-state index is 6.12. The monoisotopic (exact) mass is 319 g/mol. The average molecular weight is 320 g/mol. The number of hydrogen-bond acceptors (Lipinski definition) is 3. The van der Waals surface area contributed by atoms with Crippen molar-refractivity contribution in [3.8, 4) is 0 Å². The Kier molecular flexibility index (Phi) is 6.30. The topological polar surface area (TPSA) is 21.3 Å². The summed E-state index contributed by atoms with van der Waals surface area (Å²) in [4.78, 5) is 1.04. The predicted molar refractivity (Wildman–Crippen MR) is 83.6 cm³/mol. The van der Waals surface area contributed by atoms with Crippen LogP contribution in [0.1, 0.15) is 19.8 Å². The molecule has 0 radical (unpaired) electrons. The van der Waals surface area contributed by atoms with Crippen LogP contribution in [0.3, 0.4) is 0 Å². The lowest BCUT2D eigenvalue weighted by Gasteiger charge is -2.19. The lowest BCUT2D eigenvalue weighted by molar-refractivity contribution is 0.0844. The highest BCUT2D eigenvalue weighted by atomic mass is 35.5. The molecule has 106 valence electrons. The van der Waals surface area contributed by atoms with Crippen LogP contribution in [-0.2, 0) is 4.74 Å². The molecule has 2 rings (SSSR count). The second-order valence-electron chi connectivity index (χ2n) is 4.72. The minimum absolute atomic E-state index is 0.375. The molecule has 1 aliphatic rings. The Balaban J connectivity index is 1.70. The maximum Gasteiger partial charge on any atom is 0.0726 e. The molecule has 1 N–H and O–H groups in total. The lowest BCUT2D eigenvalue weighted by Crippen LogP contribution is -2.38. The van der Waals surface area contributed by atoms with Gasteiger partial charge in [-0.2, -0.15) is 0 Å². The highest BCUT2D eigenvalue weighted by molar-refractivity contribution is 7.99. The summed E-state index contributed by atoms with van der Waals surface area (Å²) in [6, 6.07) is 5.98. The zero-order valence-corrected chi connectivity index (χ0v) is 13.3. The van der Waals surface area contributed by atoms with Crippen molar-refractivity contribution in [1.29, 1.82) is 0 Å². The van der Waals surface area contributed by atoms with E-state index in [1.165, 1.54) is 12.8 Å². The van der Waals surface area contributed by atoms with Gasteiger partial charge >= 0.3 is 0 Å². The minimum atomic E-state index is 0.375.